The zero-order valence-electron chi connectivity index (χ0n) is 11.3. The Morgan fingerprint density at radius 1 is 1.11 bits per heavy atom. The molecule has 0 amide bonds. The van der Waals surface area contributed by atoms with Crippen LogP contribution in [0.4, 0.5) is 0 Å². The standard InChI is InChI=1S/C15H23Cl2N/c1-3-4-5-6-7-13(18-2)10-12-8-9-14(16)15(17)11-12/h8-9,11,13,18H,3-7,10H2,1-2H3. The Bertz CT molecular complexity index is 352. The van der Waals surface area contributed by atoms with Crippen molar-refractivity contribution in [1.29, 1.82) is 0 Å². The van der Waals surface area contributed by atoms with Gasteiger partial charge < -0.3 is 5.32 Å². The Morgan fingerprint density at radius 2 is 1.89 bits per heavy atom. The zero-order chi connectivity index (χ0) is 13.4. The highest BCUT2D eigenvalue weighted by molar-refractivity contribution is 6.42. The molecular formula is C15H23Cl2N. The maximum atomic E-state index is 6.03. The van der Waals surface area contributed by atoms with Crippen LogP contribution in [0, 0.1) is 0 Å². The number of halogens is 2. The Kier molecular flexibility index (Phi) is 7.73. The van der Waals surface area contributed by atoms with E-state index >= 15 is 0 Å². The molecule has 102 valence electrons. The Balaban J connectivity index is 2.44. The average Bonchev–Trinajstić information content (AvgIpc) is 2.37. The van der Waals surface area contributed by atoms with Gasteiger partial charge in [-0.05, 0) is 37.6 Å². The molecule has 0 aliphatic rings. The third kappa shape index (κ3) is 5.60. The molecule has 0 aliphatic carbocycles. The van der Waals surface area contributed by atoms with E-state index in [4.69, 9.17) is 23.2 Å². The van der Waals surface area contributed by atoms with Crippen LogP contribution in [-0.2, 0) is 6.42 Å². The van der Waals surface area contributed by atoms with Crippen LogP contribution in [0.1, 0.15) is 44.6 Å². The van der Waals surface area contributed by atoms with Gasteiger partial charge in [-0.25, -0.2) is 0 Å². The van der Waals surface area contributed by atoms with Gasteiger partial charge in [0.1, 0.15) is 0 Å². The highest BCUT2D eigenvalue weighted by Gasteiger charge is 2.08. The van der Waals surface area contributed by atoms with Crippen LogP contribution < -0.4 is 5.32 Å². The van der Waals surface area contributed by atoms with Crippen molar-refractivity contribution in [3.05, 3.63) is 33.8 Å². The van der Waals surface area contributed by atoms with Crippen LogP contribution in [-0.4, -0.2) is 13.1 Å². The highest BCUT2D eigenvalue weighted by atomic mass is 35.5. The van der Waals surface area contributed by atoms with Gasteiger partial charge in [-0.1, -0.05) is 61.9 Å². The lowest BCUT2D eigenvalue weighted by Crippen LogP contribution is -2.27. The quantitative estimate of drug-likeness (QED) is 0.657. The fourth-order valence-electron chi connectivity index (χ4n) is 2.12. The summed E-state index contributed by atoms with van der Waals surface area (Å²) in [7, 11) is 2.03. The van der Waals surface area contributed by atoms with Gasteiger partial charge in [-0.2, -0.15) is 0 Å². The van der Waals surface area contributed by atoms with E-state index in [0.717, 1.165) is 6.42 Å². The smallest absolute Gasteiger partial charge is 0.0595 e. The molecule has 0 heterocycles. The molecule has 1 aromatic rings. The van der Waals surface area contributed by atoms with Crippen molar-refractivity contribution in [2.75, 3.05) is 7.05 Å². The molecule has 1 N–H and O–H groups in total. The summed E-state index contributed by atoms with van der Waals surface area (Å²) in [6.45, 7) is 2.24. The fraction of sp³-hybridized carbons (Fsp3) is 0.600. The van der Waals surface area contributed by atoms with Crippen molar-refractivity contribution in [1.82, 2.24) is 5.32 Å². The topological polar surface area (TPSA) is 12.0 Å². The van der Waals surface area contributed by atoms with Crippen LogP contribution in [0.3, 0.4) is 0 Å². The minimum absolute atomic E-state index is 0.527. The molecule has 1 aromatic carbocycles. The Hall–Kier alpha value is -0.240. The molecule has 0 saturated heterocycles. The third-order valence-electron chi connectivity index (χ3n) is 3.28. The van der Waals surface area contributed by atoms with E-state index in [9.17, 15) is 0 Å². The number of hydrogen-bond acceptors (Lipinski definition) is 1. The van der Waals surface area contributed by atoms with Crippen molar-refractivity contribution < 1.29 is 0 Å². The molecule has 0 aliphatic heterocycles. The predicted octanol–water partition coefficient (Wildman–Crippen LogP) is 5.09. The minimum atomic E-state index is 0.527. The van der Waals surface area contributed by atoms with Crippen molar-refractivity contribution in [2.24, 2.45) is 0 Å². The number of hydrogen-bond donors (Lipinski definition) is 1. The molecule has 0 fully saturated rings. The van der Waals surface area contributed by atoms with E-state index < -0.39 is 0 Å². The summed E-state index contributed by atoms with van der Waals surface area (Å²) in [6.07, 6.45) is 7.48. The second kappa shape index (κ2) is 8.79. The Labute approximate surface area is 121 Å². The summed E-state index contributed by atoms with van der Waals surface area (Å²) >= 11 is 12.0. The second-order valence-corrected chi connectivity index (χ2v) is 5.60. The Morgan fingerprint density at radius 3 is 2.50 bits per heavy atom. The van der Waals surface area contributed by atoms with Gasteiger partial charge >= 0.3 is 0 Å². The van der Waals surface area contributed by atoms with Gasteiger partial charge in [0.15, 0.2) is 0 Å². The van der Waals surface area contributed by atoms with E-state index in [1.54, 1.807) is 0 Å². The van der Waals surface area contributed by atoms with Crippen LogP contribution in [0.15, 0.2) is 18.2 Å². The van der Waals surface area contributed by atoms with Gasteiger partial charge in [0.25, 0.3) is 0 Å². The van der Waals surface area contributed by atoms with E-state index in [2.05, 4.69) is 18.3 Å². The summed E-state index contributed by atoms with van der Waals surface area (Å²) in [5.74, 6) is 0. The second-order valence-electron chi connectivity index (χ2n) is 4.79. The SMILES string of the molecule is CCCCCCC(Cc1ccc(Cl)c(Cl)c1)NC. The first kappa shape index (κ1) is 15.8. The monoisotopic (exact) mass is 287 g/mol. The summed E-state index contributed by atoms with van der Waals surface area (Å²) in [5, 5.41) is 4.66. The number of likely N-dealkylation sites (N-methyl/N-ethyl adjacent to an activating group) is 1. The number of benzene rings is 1. The molecule has 0 aromatic heterocycles. The molecule has 1 nitrogen and oxygen atoms in total. The van der Waals surface area contributed by atoms with Gasteiger partial charge in [0, 0.05) is 6.04 Å². The van der Waals surface area contributed by atoms with Gasteiger partial charge in [0.05, 0.1) is 10.0 Å². The normalized spacial score (nSPS) is 12.7. The maximum absolute atomic E-state index is 6.03. The molecule has 18 heavy (non-hydrogen) atoms. The summed E-state index contributed by atoms with van der Waals surface area (Å²) in [5.41, 5.74) is 1.25. The van der Waals surface area contributed by atoms with Crippen molar-refractivity contribution in [2.45, 2.75) is 51.5 Å². The first-order valence-corrected chi connectivity index (χ1v) is 7.54. The largest absolute Gasteiger partial charge is 0.317 e. The lowest BCUT2D eigenvalue weighted by Gasteiger charge is -2.16. The maximum Gasteiger partial charge on any atom is 0.0595 e. The van der Waals surface area contributed by atoms with E-state index in [1.165, 1.54) is 37.7 Å². The van der Waals surface area contributed by atoms with Gasteiger partial charge in [-0.15, -0.1) is 0 Å². The van der Waals surface area contributed by atoms with Crippen LogP contribution >= 0.6 is 23.2 Å². The molecule has 0 saturated carbocycles. The number of rotatable bonds is 8. The molecule has 1 unspecified atom stereocenters. The van der Waals surface area contributed by atoms with E-state index in [0.29, 0.717) is 16.1 Å². The first-order valence-electron chi connectivity index (χ1n) is 6.78. The molecular weight excluding hydrogens is 265 g/mol. The molecule has 0 spiro atoms. The van der Waals surface area contributed by atoms with Gasteiger partial charge in [-0.3, -0.25) is 0 Å². The highest BCUT2D eigenvalue weighted by Crippen LogP contribution is 2.23. The molecule has 1 atom stereocenters. The summed E-state index contributed by atoms with van der Waals surface area (Å²) in [6, 6.07) is 6.44. The minimum Gasteiger partial charge on any atom is -0.317 e. The number of nitrogens with one attached hydrogen (secondary N) is 1. The molecule has 0 bridgehead atoms. The molecule has 3 heteroatoms. The zero-order valence-corrected chi connectivity index (χ0v) is 12.8. The summed E-state index contributed by atoms with van der Waals surface area (Å²) in [4.78, 5) is 0. The third-order valence-corrected chi connectivity index (χ3v) is 4.02. The molecule has 1 rings (SSSR count). The van der Waals surface area contributed by atoms with Crippen molar-refractivity contribution in [3.63, 3.8) is 0 Å². The lowest BCUT2D eigenvalue weighted by molar-refractivity contribution is 0.485. The van der Waals surface area contributed by atoms with Crippen LogP contribution in [0.25, 0.3) is 0 Å². The fourth-order valence-corrected chi connectivity index (χ4v) is 2.44. The average molecular weight is 288 g/mol. The predicted molar refractivity (Wildman–Crippen MR) is 81.8 cm³/mol. The molecule has 0 radical (unpaired) electrons. The van der Waals surface area contributed by atoms with E-state index in [1.807, 2.05) is 19.2 Å². The van der Waals surface area contributed by atoms with Crippen molar-refractivity contribution in [3.8, 4) is 0 Å². The van der Waals surface area contributed by atoms with Gasteiger partial charge in [0.2, 0.25) is 0 Å². The van der Waals surface area contributed by atoms with Crippen LogP contribution in [0.2, 0.25) is 10.0 Å². The number of unbranched alkanes of at least 4 members (excludes halogenated alkanes) is 3. The first-order chi connectivity index (χ1) is 8.67. The summed E-state index contributed by atoms with van der Waals surface area (Å²) < 4.78 is 0. The van der Waals surface area contributed by atoms with Crippen molar-refractivity contribution >= 4 is 23.2 Å². The van der Waals surface area contributed by atoms with E-state index in [-0.39, 0.29) is 0 Å². The van der Waals surface area contributed by atoms with Crippen LogP contribution in [0.5, 0.6) is 0 Å². The lowest BCUT2D eigenvalue weighted by atomic mass is 10.0.